The van der Waals surface area contributed by atoms with Crippen LogP contribution in [-0.2, 0) is 11.3 Å². The SMILES string of the molecule is CN(Cc1ccc(O)cn1)C1CCOC1. The summed E-state index contributed by atoms with van der Waals surface area (Å²) in [5, 5.41) is 9.11. The first-order valence-electron chi connectivity index (χ1n) is 5.17. The van der Waals surface area contributed by atoms with E-state index in [1.165, 1.54) is 6.20 Å². The van der Waals surface area contributed by atoms with E-state index in [4.69, 9.17) is 9.84 Å². The smallest absolute Gasteiger partial charge is 0.133 e. The molecule has 1 aliphatic rings. The molecule has 0 spiro atoms. The lowest BCUT2D eigenvalue weighted by molar-refractivity contribution is 0.155. The molecule has 2 heterocycles. The molecule has 1 aromatic heterocycles. The van der Waals surface area contributed by atoms with Crippen molar-refractivity contribution < 1.29 is 9.84 Å². The van der Waals surface area contributed by atoms with Gasteiger partial charge in [0.05, 0.1) is 18.5 Å². The Bertz CT molecular complexity index is 307. The molecule has 82 valence electrons. The molecule has 1 atom stereocenters. The van der Waals surface area contributed by atoms with Crippen LogP contribution in [0.5, 0.6) is 5.75 Å². The molecule has 4 nitrogen and oxygen atoms in total. The van der Waals surface area contributed by atoms with Gasteiger partial charge in [0.1, 0.15) is 5.75 Å². The Morgan fingerprint density at radius 1 is 1.60 bits per heavy atom. The average Bonchev–Trinajstić information content (AvgIpc) is 2.74. The zero-order valence-corrected chi connectivity index (χ0v) is 8.89. The first-order valence-corrected chi connectivity index (χ1v) is 5.17. The van der Waals surface area contributed by atoms with Crippen LogP contribution in [-0.4, -0.2) is 41.3 Å². The van der Waals surface area contributed by atoms with Gasteiger partial charge >= 0.3 is 0 Å². The van der Waals surface area contributed by atoms with Gasteiger partial charge in [-0.3, -0.25) is 9.88 Å². The summed E-state index contributed by atoms with van der Waals surface area (Å²) in [5.41, 5.74) is 0.974. The minimum atomic E-state index is 0.214. The van der Waals surface area contributed by atoms with Crippen molar-refractivity contribution in [2.24, 2.45) is 0 Å². The number of aromatic nitrogens is 1. The van der Waals surface area contributed by atoms with Gasteiger partial charge in [0, 0.05) is 19.2 Å². The Kier molecular flexibility index (Phi) is 3.18. The van der Waals surface area contributed by atoms with E-state index in [0.29, 0.717) is 6.04 Å². The third kappa shape index (κ3) is 2.67. The van der Waals surface area contributed by atoms with E-state index in [1.807, 2.05) is 6.07 Å². The molecule has 15 heavy (non-hydrogen) atoms. The van der Waals surface area contributed by atoms with Gasteiger partial charge in [-0.25, -0.2) is 0 Å². The van der Waals surface area contributed by atoms with E-state index < -0.39 is 0 Å². The Labute approximate surface area is 89.5 Å². The van der Waals surface area contributed by atoms with Gasteiger partial charge in [-0.2, -0.15) is 0 Å². The largest absolute Gasteiger partial charge is 0.506 e. The maximum Gasteiger partial charge on any atom is 0.133 e. The number of hydrogen-bond acceptors (Lipinski definition) is 4. The van der Waals surface area contributed by atoms with E-state index in [-0.39, 0.29) is 5.75 Å². The highest BCUT2D eigenvalue weighted by atomic mass is 16.5. The van der Waals surface area contributed by atoms with Gasteiger partial charge in [0.15, 0.2) is 0 Å². The Hall–Kier alpha value is -1.13. The van der Waals surface area contributed by atoms with E-state index >= 15 is 0 Å². The highest BCUT2D eigenvalue weighted by molar-refractivity contribution is 5.17. The predicted molar refractivity (Wildman–Crippen MR) is 56.6 cm³/mol. The lowest BCUT2D eigenvalue weighted by Gasteiger charge is -2.22. The van der Waals surface area contributed by atoms with Gasteiger partial charge in [-0.05, 0) is 25.6 Å². The summed E-state index contributed by atoms with van der Waals surface area (Å²) in [5.74, 6) is 0.214. The lowest BCUT2D eigenvalue weighted by Crippen LogP contribution is -2.31. The van der Waals surface area contributed by atoms with Crippen LogP contribution in [0, 0.1) is 0 Å². The van der Waals surface area contributed by atoms with E-state index in [1.54, 1.807) is 6.07 Å². The molecule has 1 aliphatic heterocycles. The Morgan fingerprint density at radius 2 is 2.47 bits per heavy atom. The number of hydrogen-bond donors (Lipinski definition) is 1. The van der Waals surface area contributed by atoms with Crippen LogP contribution in [0.1, 0.15) is 12.1 Å². The fourth-order valence-corrected chi connectivity index (χ4v) is 1.76. The quantitative estimate of drug-likeness (QED) is 0.805. The van der Waals surface area contributed by atoms with Gasteiger partial charge in [0.2, 0.25) is 0 Å². The number of aromatic hydroxyl groups is 1. The maximum atomic E-state index is 9.11. The molecule has 0 saturated carbocycles. The van der Waals surface area contributed by atoms with E-state index in [9.17, 15) is 0 Å². The van der Waals surface area contributed by atoms with Gasteiger partial charge in [-0.1, -0.05) is 0 Å². The summed E-state index contributed by atoms with van der Waals surface area (Å²) in [4.78, 5) is 6.40. The minimum absolute atomic E-state index is 0.214. The minimum Gasteiger partial charge on any atom is -0.506 e. The highest BCUT2D eigenvalue weighted by Crippen LogP contribution is 2.14. The monoisotopic (exact) mass is 208 g/mol. The number of likely N-dealkylation sites (N-methyl/N-ethyl adjacent to an activating group) is 1. The topological polar surface area (TPSA) is 45.6 Å². The zero-order valence-electron chi connectivity index (χ0n) is 8.89. The fourth-order valence-electron chi connectivity index (χ4n) is 1.76. The normalized spacial score (nSPS) is 21.1. The average molecular weight is 208 g/mol. The summed E-state index contributed by atoms with van der Waals surface area (Å²) in [6.45, 7) is 2.47. The van der Waals surface area contributed by atoms with Crippen LogP contribution in [0.4, 0.5) is 0 Å². The zero-order chi connectivity index (χ0) is 10.7. The molecule has 0 amide bonds. The van der Waals surface area contributed by atoms with Crippen LogP contribution in [0.3, 0.4) is 0 Å². The van der Waals surface area contributed by atoms with Crippen LogP contribution in [0.2, 0.25) is 0 Å². The molecule has 1 N–H and O–H groups in total. The molecule has 1 unspecified atom stereocenters. The number of rotatable bonds is 3. The predicted octanol–water partition coefficient (Wildman–Crippen LogP) is 1.01. The van der Waals surface area contributed by atoms with Crippen LogP contribution in [0.25, 0.3) is 0 Å². The molecule has 0 aromatic carbocycles. The van der Waals surface area contributed by atoms with Gasteiger partial charge < -0.3 is 9.84 Å². The second-order valence-corrected chi connectivity index (χ2v) is 3.94. The molecular weight excluding hydrogens is 192 g/mol. The third-order valence-corrected chi connectivity index (χ3v) is 2.75. The van der Waals surface area contributed by atoms with Crippen LogP contribution in [0.15, 0.2) is 18.3 Å². The maximum absolute atomic E-state index is 9.11. The molecule has 4 heteroatoms. The summed E-state index contributed by atoms with van der Waals surface area (Å²) in [6, 6.07) is 4.02. The Morgan fingerprint density at radius 3 is 3.07 bits per heavy atom. The molecule has 1 fully saturated rings. The first kappa shape index (κ1) is 10.4. The molecular formula is C11H16N2O2. The van der Waals surface area contributed by atoms with Crippen molar-refractivity contribution >= 4 is 0 Å². The summed E-state index contributed by atoms with van der Waals surface area (Å²) in [7, 11) is 2.08. The standard InChI is InChI=1S/C11H16N2O2/c1-13(10-4-5-15-8-10)7-9-2-3-11(14)6-12-9/h2-3,6,10,14H,4-5,7-8H2,1H3. The highest BCUT2D eigenvalue weighted by Gasteiger charge is 2.20. The summed E-state index contributed by atoms with van der Waals surface area (Å²) >= 11 is 0. The first-order chi connectivity index (χ1) is 7.25. The fraction of sp³-hybridized carbons (Fsp3) is 0.545. The number of nitrogens with zero attached hydrogens (tertiary/aromatic N) is 2. The molecule has 0 bridgehead atoms. The van der Waals surface area contributed by atoms with Crippen LogP contribution < -0.4 is 0 Å². The molecule has 0 aliphatic carbocycles. The van der Waals surface area contributed by atoms with E-state index in [0.717, 1.165) is 31.9 Å². The Balaban J connectivity index is 1.92. The summed E-state index contributed by atoms with van der Waals surface area (Å²) in [6.07, 6.45) is 2.57. The van der Waals surface area contributed by atoms with E-state index in [2.05, 4.69) is 16.9 Å². The molecule has 1 aromatic rings. The number of pyridine rings is 1. The number of ether oxygens (including phenoxy) is 1. The van der Waals surface area contributed by atoms with Gasteiger partial charge in [0.25, 0.3) is 0 Å². The second-order valence-electron chi connectivity index (χ2n) is 3.94. The lowest BCUT2D eigenvalue weighted by atomic mass is 10.2. The van der Waals surface area contributed by atoms with Crippen molar-refractivity contribution in [3.05, 3.63) is 24.0 Å². The van der Waals surface area contributed by atoms with Crippen molar-refractivity contribution in [3.63, 3.8) is 0 Å². The molecule has 1 saturated heterocycles. The van der Waals surface area contributed by atoms with Crippen molar-refractivity contribution in [1.29, 1.82) is 0 Å². The molecule has 0 radical (unpaired) electrons. The molecule has 2 rings (SSSR count). The van der Waals surface area contributed by atoms with Crippen molar-refractivity contribution in [2.75, 3.05) is 20.3 Å². The van der Waals surface area contributed by atoms with Crippen LogP contribution >= 0.6 is 0 Å². The van der Waals surface area contributed by atoms with Crippen molar-refractivity contribution in [2.45, 2.75) is 19.0 Å². The van der Waals surface area contributed by atoms with Gasteiger partial charge in [-0.15, -0.1) is 0 Å². The van der Waals surface area contributed by atoms with Crippen molar-refractivity contribution in [3.8, 4) is 5.75 Å². The second kappa shape index (κ2) is 4.59. The summed E-state index contributed by atoms with van der Waals surface area (Å²) < 4.78 is 5.33. The van der Waals surface area contributed by atoms with Crippen molar-refractivity contribution in [1.82, 2.24) is 9.88 Å². The third-order valence-electron chi connectivity index (χ3n) is 2.75.